The molecular weight excluding hydrogens is 210 g/mol. The highest BCUT2D eigenvalue weighted by atomic mass is 16.5. The molecule has 0 heterocycles. The molecule has 0 bridgehead atoms. The Kier molecular flexibility index (Phi) is 11.9. The first-order chi connectivity index (χ1) is 8.29. The predicted octanol–water partition coefficient (Wildman–Crippen LogP) is 3.92. The molecule has 0 aromatic carbocycles. The molecule has 0 saturated carbocycles. The van der Waals surface area contributed by atoms with Gasteiger partial charge in [0.25, 0.3) is 0 Å². The molecule has 0 aliphatic rings. The van der Waals surface area contributed by atoms with Crippen molar-refractivity contribution in [3.63, 3.8) is 0 Å². The first kappa shape index (κ1) is 16.7. The Hall–Kier alpha value is -0.340. The third-order valence-corrected chi connectivity index (χ3v) is 3.20. The quantitative estimate of drug-likeness (QED) is 0.413. The van der Waals surface area contributed by atoms with Crippen molar-refractivity contribution in [2.45, 2.75) is 70.9 Å². The van der Waals surface area contributed by atoms with E-state index in [9.17, 15) is 0 Å². The van der Waals surface area contributed by atoms with Gasteiger partial charge in [-0.15, -0.1) is 6.58 Å². The first-order valence-corrected chi connectivity index (χ1v) is 7.19. The molecule has 0 spiro atoms. The largest absolute Gasteiger partial charge is 0.377 e. The van der Waals surface area contributed by atoms with Gasteiger partial charge in [0.2, 0.25) is 0 Å². The van der Waals surface area contributed by atoms with Crippen LogP contribution in [0.2, 0.25) is 0 Å². The van der Waals surface area contributed by atoms with Crippen LogP contribution in [0.25, 0.3) is 0 Å². The lowest BCUT2D eigenvalue weighted by Gasteiger charge is -2.26. The number of ether oxygens (including phenoxy) is 1. The van der Waals surface area contributed by atoms with E-state index in [0.29, 0.717) is 12.1 Å². The molecule has 0 aromatic heterocycles. The van der Waals surface area contributed by atoms with Gasteiger partial charge in [-0.2, -0.15) is 0 Å². The van der Waals surface area contributed by atoms with Crippen molar-refractivity contribution in [2.75, 3.05) is 13.7 Å². The highest BCUT2D eigenvalue weighted by molar-refractivity contribution is 4.76. The summed E-state index contributed by atoms with van der Waals surface area (Å²) in [4.78, 5) is 0. The Morgan fingerprint density at radius 3 is 2.47 bits per heavy atom. The summed E-state index contributed by atoms with van der Waals surface area (Å²) in [5.41, 5.74) is 0. The van der Waals surface area contributed by atoms with Crippen LogP contribution in [0.3, 0.4) is 0 Å². The number of nitrogens with one attached hydrogen (secondary N) is 1. The van der Waals surface area contributed by atoms with Crippen LogP contribution in [0.1, 0.15) is 58.8 Å². The van der Waals surface area contributed by atoms with Gasteiger partial charge in [0.1, 0.15) is 0 Å². The lowest BCUT2D eigenvalue weighted by atomic mass is 9.99. The molecule has 0 saturated heterocycles. The fraction of sp³-hybridized carbons (Fsp3) is 0.867. The van der Waals surface area contributed by atoms with E-state index < -0.39 is 0 Å². The molecule has 0 fully saturated rings. The SMILES string of the molecule is C=CCCCCCC(NC)C(CCC)OCC. The van der Waals surface area contributed by atoms with E-state index in [2.05, 4.69) is 32.8 Å². The summed E-state index contributed by atoms with van der Waals surface area (Å²) in [6, 6.07) is 0.513. The smallest absolute Gasteiger partial charge is 0.0727 e. The van der Waals surface area contributed by atoms with Crippen LogP contribution in [0.15, 0.2) is 12.7 Å². The van der Waals surface area contributed by atoms with Crippen molar-refractivity contribution in [3.8, 4) is 0 Å². The molecule has 0 rings (SSSR count). The van der Waals surface area contributed by atoms with Gasteiger partial charge in [0.05, 0.1) is 6.10 Å². The lowest BCUT2D eigenvalue weighted by Crippen LogP contribution is -2.39. The zero-order chi connectivity index (χ0) is 12.9. The van der Waals surface area contributed by atoms with E-state index in [0.717, 1.165) is 19.4 Å². The van der Waals surface area contributed by atoms with Gasteiger partial charge in [-0.25, -0.2) is 0 Å². The zero-order valence-electron chi connectivity index (χ0n) is 12.0. The minimum atomic E-state index is 0.384. The number of hydrogen-bond donors (Lipinski definition) is 1. The fourth-order valence-corrected chi connectivity index (χ4v) is 2.25. The molecule has 2 nitrogen and oxygen atoms in total. The maximum absolute atomic E-state index is 5.83. The summed E-state index contributed by atoms with van der Waals surface area (Å²) in [6.07, 6.45) is 11.0. The normalized spacial score (nSPS) is 14.5. The van der Waals surface area contributed by atoms with Gasteiger partial charge < -0.3 is 10.1 Å². The molecule has 102 valence electrons. The summed E-state index contributed by atoms with van der Waals surface area (Å²) in [5, 5.41) is 3.42. The van der Waals surface area contributed by atoms with Crippen LogP contribution in [0, 0.1) is 0 Å². The van der Waals surface area contributed by atoms with E-state index in [1.54, 1.807) is 0 Å². The minimum absolute atomic E-state index is 0.384. The Labute approximate surface area is 108 Å². The highest BCUT2D eigenvalue weighted by Crippen LogP contribution is 2.14. The Bertz CT molecular complexity index is 164. The monoisotopic (exact) mass is 241 g/mol. The van der Waals surface area contributed by atoms with Gasteiger partial charge in [-0.3, -0.25) is 0 Å². The van der Waals surface area contributed by atoms with E-state index in [-0.39, 0.29) is 0 Å². The minimum Gasteiger partial charge on any atom is -0.377 e. The Morgan fingerprint density at radius 1 is 1.18 bits per heavy atom. The van der Waals surface area contributed by atoms with Crippen molar-refractivity contribution >= 4 is 0 Å². The standard InChI is InChI=1S/C15H31NO/c1-5-8-9-10-11-13-14(16-4)15(12-6-2)17-7-3/h5,14-16H,1,6-13H2,2-4H3. The zero-order valence-corrected chi connectivity index (χ0v) is 12.0. The molecule has 0 aliphatic heterocycles. The Balaban J connectivity index is 3.86. The second kappa shape index (κ2) is 12.1. The fourth-order valence-electron chi connectivity index (χ4n) is 2.25. The summed E-state index contributed by atoms with van der Waals surface area (Å²) < 4.78 is 5.83. The number of hydrogen-bond acceptors (Lipinski definition) is 2. The third-order valence-electron chi connectivity index (χ3n) is 3.20. The number of unbranched alkanes of at least 4 members (excludes halogenated alkanes) is 3. The van der Waals surface area contributed by atoms with Crippen molar-refractivity contribution in [3.05, 3.63) is 12.7 Å². The average Bonchev–Trinajstić information content (AvgIpc) is 2.34. The molecule has 2 unspecified atom stereocenters. The molecule has 2 atom stereocenters. The van der Waals surface area contributed by atoms with E-state index >= 15 is 0 Å². The summed E-state index contributed by atoms with van der Waals surface area (Å²) >= 11 is 0. The van der Waals surface area contributed by atoms with E-state index in [1.165, 1.54) is 32.1 Å². The van der Waals surface area contributed by atoms with Gasteiger partial charge in [-0.1, -0.05) is 32.3 Å². The van der Waals surface area contributed by atoms with Crippen LogP contribution in [-0.2, 0) is 4.74 Å². The Morgan fingerprint density at radius 2 is 1.94 bits per heavy atom. The van der Waals surface area contributed by atoms with Crippen LogP contribution in [0.5, 0.6) is 0 Å². The summed E-state index contributed by atoms with van der Waals surface area (Å²) in [7, 11) is 2.05. The molecule has 0 aromatic rings. The molecule has 0 aliphatic carbocycles. The van der Waals surface area contributed by atoms with Gasteiger partial charge in [0, 0.05) is 12.6 Å². The third kappa shape index (κ3) is 8.39. The second-order valence-corrected chi connectivity index (χ2v) is 4.60. The van der Waals surface area contributed by atoms with Gasteiger partial charge >= 0.3 is 0 Å². The number of allylic oxidation sites excluding steroid dienone is 1. The molecule has 1 N–H and O–H groups in total. The first-order valence-electron chi connectivity index (χ1n) is 7.19. The average molecular weight is 241 g/mol. The van der Waals surface area contributed by atoms with Gasteiger partial charge in [-0.05, 0) is 39.7 Å². The number of rotatable bonds is 12. The molecule has 0 amide bonds. The topological polar surface area (TPSA) is 21.3 Å². The van der Waals surface area contributed by atoms with Crippen LogP contribution < -0.4 is 5.32 Å². The van der Waals surface area contributed by atoms with Crippen molar-refractivity contribution < 1.29 is 4.74 Å². The molecular formula is C15H31NO. The van der Waals surface area contributed by atoms with E-state index in [1.807, 2.05) is 6.08 Å². The van der Waals surface area contributed by atoms with Crippen LogP contribution >= 0.6 is 0 Å². The van der Waals surface area contributed by atoms with Crippen molar-refractivity contribution in [1.29, 1.82) is 0 Å². The lowest BCUT2D eigenvalue weighted by molar-refractivity contribution is 0.0272. The highest BCUT2D eigenvalue weighted by Gasteiger charge is 2.18. The van der Waals surface area contributed by atoms with Crippen LogP contribution in [-0.4, -0.2) is 25.8 Å². The van der Waals surface area contributed by atoms with Crippen molar-refractivity contribution in [2.24, 2.45) is 0 Å². The maximum Gasteiger partial charge on any atom is 0.0727 e. The summed E-state index contributed by atoms with van der Waals surface area (Å²) in [6.45, 7) is 8.88. The molecule has 2 heteroatoms. The maximum atomic E-state index is 5.83. The van der Waals surface area contributed by atoms with Crippen molar-refractivity contribution in [1.82, 2.24) is 5.32 Å². The molecule has 17 heavy (non-hydrogen) atoms. The second-order valence-electron chi connectivity index (χ2n) is 4.60. The van der Waals surface area contributed by atoms with E-state index in [4.69, 9.17) is 4.74 Å². The number of likely N-dealkylation sites (N-methyl/N-ethyl adjacent to an activating group) is 1. The van der Waals surface area contributed by atoms with Gasteiger partial charge in [0.15, 0.2) is 0 Å². The van der Waals surface area contributed by atoms with Crippen LogP contribution in [0.4, 0.5) is 0 Å². The summed E-state index contributed by atoms with van der Waals surface area (Å²) in [5.74, 6) is 0. The predicted molar refractivity (Wildman–Crippen MR) is 76.5 cm³/mol. The molecule has 0 radical (unpaired) electrons.